The summed E-state index contributed by atoms with van der Waals surface area (Å²) >= 11 is 0. The van der Waals surface area contributed by atoms with Crippen LogP contribution in [0.3, 0.4) is 0 Å². The number of ether oxygens (including phenoxy) is 2. The summed E-state index contributed by atoms with van der Waals surface area (Å²) in [5, 5.41) is 0. The zero-order valence-electron chi connectivity index (χ0n) is 11.8. The van der Waals surface area contributed by atoms with Crippen molar-refractivity contribution in [2.24, 2.45) is 0 Å². The Hall–Kier alpha value is -0.610. The molecular formula is C13H28NO3+. The maximum Gasteiger partial charge on any atom is 0.305 e. The van der Waals surface area contributed by atoms with Crippen molar-refractivity contribution in [2.75, 3.05) is 46.0 Å². The second kappa shape index (κ2) is 9.42. The Morgan fingerprint density at radius 2 is 1.53 bits per heavy atom. The van der Waals surface area contributed by atoms with Gasteiger partial charge in [0.25, 0.3) is 0 Å². The highest BCUT2D eigenvalue weighted by atomic mass is 16.6. The maximum absolute atomic E-state index is 10.9. The van der Waals surface area contributed by atoms with Crippen LogP contribution in [0, 0.1) is 0 Å². The highest BCUT2D eigenvalue weighted by Crippen LogP contribution is 2.04. The first-order valence-electron chi connectivity index (χ1n) is 6.72. The minimum atomic E-state index is -0.158. The maximum atomic E-state index is 10.9. The number of rotatable bonds is 10. The van der Waals surface area contributed by atoms with Crippen LogP contribution in [0.15, 0.2) is 0 Å². The third kappa shape index (κ3) is 6.64. The highest BCUT2D eigenvalue weighted by Gasteiger charge is 2.19. The van der Waals surface area contributed by atoms with Crippen molar-refractivity contribution in [3.8, 4) is 0 Å². The van der Waals surface area contributed by atoms with Gasteiger partial charge in [0.1, 0.15) is 13.2 Å². The molecule has 0 aliphatic rings. The van der Waals surface area contributed by atoms with Crippen molar-refractivity contribution >= 4 is 5.97 Å². The second-order valence-electron chi connectivity index (χ2n) is 4.20. The Morgan fingerprint density at radius 3 is 2.00 bits per heavy atom. The zero-order valence-corrected chi connectivity index (χ0v) is 11.8. The van der Waals surface area contributed by atoms with Gasteiger partial charge in [-0.3, -0.25) is 4.79 Å². The smallest absolute Gasteiger partial charge is 0.305 e. The molecule has 4 heteroatoms. The Labute approximate surface area is 105 Å². The standard InChI is InChI=1S/C13H28NO3/c1-5-13(15)17-12-11-16-10-9-14(6-2,7-3)8-4/h5-12H2,1-4H3/q+1. The average molecular weight is 246 g/mol. The molecule has 0 aliphatic carbocycles. The molecule has 0 aliphatic heterocycles. The Kier molecular flexibility index (Phi) is 9.09. The Bertz CT molecular complexity index is 195. The first kappa shape index (κ1) is 16.4. The van der Waals surface area contributed by atoms with Crippen LogP contribution in [0.25, 0.3) is 0 Å². The van der Waals surface area contributed by atoms with Crippen molar-refractivity contribution in [2.45, 2.75) is 34.1 Å². The van der Waals surface area contributed by atoms with Gasteiger partial charge in [-0.2, -0.15) is 0 Å². The van der Waals surface area contributed by atoms with E-state index in [-0.39, 0.29) is 5.97 Å². The largest absolute Gasteiger partial charge is 0.463 e. The summed E-state index contributed by atoms with van der Waals surface area (Å²) in [6, 6.07) is 0. The quantitative estimate of drug-likeness (QED) is 0.335. The Morgan fingerprint density at radius 1 is 0.941 bits per heavy atom. The molecule has 0 heterocycles. The third-order valence-corrected chi connectivity index (χ3v) is 3.50. The second-order valence-corrected chi connectivity index (χ2v) is 4.20. The molecule has 0 amide bonds. The highest BCUT2D eigenvalue weighted by molar-refractivity contribution is 5.68. The van der Waals surface area contributed by atoms with E-state index in [1.165, 1.54) is 0 Å². The van der Waals surface area contributed by atoms with Crippen molar-refractivity contribution in [3.05, 3.63) is 0 Å². The normalized spacial score (nSPS) is 11.5. The number of nitrogens with zero attached hydrogens (tertiary/aromatic N) is 1. The van der Waals surface area contributed by atoms with Gasteiger partial charge in [-0.1, -0.05) is 6.92 Å². The van der Waals surface area contributed by atoms with E-state index in [0.29, 0.717) is 19.6 Å². The lowest BCUT2D eigenvalue weighted by atomic mass is 10.3. The number of quaternary nitrogens is 1. The number of esters is 1. The number of hydrogen-bond donors (Lipinski definition) is 0. The van der Waals surface area contributed by atoms with E-state index >= 15 is 0 Å². The van der Waals surface area contributed by atoms with Crippen molar-refractivity contribution in [3.63, 3.8) is 0 Å². The van der Waals surface area contributed by atoms with Crippen LogP contribution in [0.4, 0.5) is 0 Å². The fourth-order valence-electron chi connectivity index (χ4n) is 1.82. The van der Waals surface area contributed by atoms with Crippen molar-refractivity contribution in [1.29, 1.82) is 0 Å². The van der Waals surface area contributed by atoms with Crippen LogP contribution < -0.4 is 0 Å². The molecule has 0 bridgehead atoms. The average Bonchev–Trinajstić information content (AvgIpc) is 2.38. The molecule has 0 aromatic heterocycles. The summed E-state index contributed by atoms with van der Waals surface area (Å²) in [6.45, 7) is 14.5. The summed E-state index contributed by atoms with van der Waals surface area (Å²) in [5.41, 5.74) is 0. The van der Waals surface area contributed by atoms with Crippen LogP contribution in [-0.4, -0.2) is 56.5 Å². The first-order valence-corrected chi connectivity index (χ1v) is 6.72. The number of carbonyl (C=O) groups excluding carboxylic acids is 1. The predicted molar refractivity (Wildman–Crippen MR) is 68.8 cm³/mol. The minimum Gasteiger partial charge on any atom is -0.463 e. The molecule has 17 heavy (non-hydrogen) atoms. The van der Waals surface area contributed by atoms with Gasteiger partial charge in [-0.15, -0.1) is 0 Å². The topological polar surface area (TPSA) is 35.5 Å². The molecule has 0 atom stereocenters. The molecule has 0 saturated carbocycles. The first-order chi connectivity index (χ1) is 8.14. The van der Waals surface area contributed by atoms with Crippen LogP contribution in [0.5, 0.6) is 0 Å². The van der Waals surface area contributed by atoms with E-state index in [0.717, 1.165) is 37.3 Å². The van der Waals surface area contributed by atoms with Crippen LogP contribution in [-0.2, 0) is 14.3 Å². The van der Waals surface area contributed by atoms with Gasteiger partial charge >= 0.3 is 5.97 Å². The Balaban J connectivity index is 3.59. The predicted octanol–water partition coefficient (Wildman–Crippen LogP) is 1.83. The van der Waals surface area contributed by atoms with E-state index in [1.807, 2.05) is 0 Å². The molecule has 0 aromatic carbocycles. The van der Waals surface area contributed by atoms with Gasteiger partial charge in [0.05, 0.1) is 32.8 Å². The summed E-state index contributed by atoms with van der Waals surface area (Å²) in [6.07, 6.45) is 0.432. The molecule has 0 aromatic rings. The van der Waals surface area contributed by atoms with Gasteiger partial charge in [0.15, 0.2) is 0 Å². The summed E-state index contributed by atoms with van der Waals surface area (Å²) in [7, 11) is 0. The van der Waals surface area contributed by atoms with E-state index in [1.54, 1.807) is 6.92 Å². The van der Waals surface area contributed by atoms with Gasteiger partial charge < -0.3 is 14.0 Å². The minimum absolute atomic E-state index is 0.158. The monoisotopic (exact) mass is 246 g/mol. The molecular weight excluding hydrogens is 218 g/mol. The van der Waals surface area contributed by atoms with Gasteiger partial charge in [-0.25, -0.2) is 0 Å². The lowest BCUT2D eigenvalue weighted by Gasteiger charge is -2.35. The van der Waals surface area contributed by atoms with E-state index in [4.69, 9.17) is 9.47 Å². The van der Waals surface area contributed by atoms with Gasteiger partial charge in [0.2, 0.25) is 0 Å². The van der Waals surface area contributed by atoms with Gasteiger partial charge in [0, 0.05) is 6.42 Å². The lowest BCUT2D eigenvalue weighted by Crippen LogP contribution is -2.49. The van der Waals surface area contributed by atoms with Crippen molar-refractivity contribution < 1.29 is 18.8 Å². The summed E-state index contributed by atoms with van der Waals surface area (Å²) in [4.78, 5) is 10.9. The van der Waals surface area contributed by atoms with Crippen LogP contribution in [0.1, 0.15) is 34.1 Å². The number of likely N-dealkylation sites (N-methyl/N-ethyl adjacent to an activating group) is 1. The molecule has 0 rings (SSSR count). The summed E-state index contributed by atoms with van der Waals surface area (Å²) in [5.74, 6) is -0.158. The molecule has 0 spiro atoms. The molecule has 0 radical (unpaired) electrons. The third-order valence-electron chi connectivity index (χ3n) is 3.50. The zero-order chi connectivity index (χ0) is 13.1. The van der Waals surface area contributed by atoms with E-state index in [9.17, 15) is 4.79 Å². The SMILES string of the molecule is CCC(=O)OCCOCC[N+](CC)(CC)CC. The van der Waals surface area contributed by atoms with Gasteiger partial charge in [-0.05, 0) is 20.8 Å². The van der Waals surface area contributed by atoms with Crippen molar-refractivity contribution in [1.82, 2.24) is 0 Å². The summed E-state index contributed by atoms with van der Waals surface area (Å²) < 4.78 is 11.5. The molecule has 0 fully saturated rings. The molecule has 0 unspecified atom stereocenters. The number of hydrogen-bond acceptors (Lipinski definition) is 3. The molecule has 102 valence electrons. The fraction of sp³-hybridized carbons (Fsp3) is 0.923. The van der Waals surface area contributed by atoms with Crippen LogP contribution in [0.2, 0.25) is 0 Å². The number of carbonyl (C=O) groups is 1. The molecule has 0 saturated heterocycles. The van der Waals surface area contributed by atoms with E-state index in [2.05, 4.69) is 20.8 Å². The molecule has 0 N–H and O–H groups in total. The van der Waals surface area contributed by atoms with Crippen LogP contribution >= 0.6 is 0 Å². The fourth-order valence-corrected chi connectivity index (χ4v) is 1.82. The lowest BCUT2D eigenvalue weighted by molar-refractivity contribution is -0.923. The molecule has 4 nitrogen and oxygen atoms in total. The van der Waals surface area contributed by atoms with E-state index < -0.39 is 0 Å².